The molecule has 0 spiro atoms. The second kappa shape index (κ2) is 5.66. The van der Waals surface area contributed by atoms with E-state index in [0.29, 0.717) is 0 Å². The predicted octanol–water partition coefficient (Wildman–Crippen LogP) is 2.02. The van der Waals surface area contributed by atoms with E-state index >= 15 is 0 Å². The first-order valence-corrected chi connectivity index (χ1v) is 5.12. The molecule has 0 atom stereocenters. The van der Waals surface area contributed by atoms with Gasteiger partial charge in [0.15, 0.2) is 0 Å². The molecule has 0 aromatic heterocycles. The first kappa shape index (κ1) is 11.1. The van der Waals surface area contributed by atoms with E-state index in [9.17, 15) is 0 Å². The van der Waals surface area contributed by atoms with E-state index in [1.807, 2.05) is 13.1 Å². The lowest BCUT2D eigenvalue weighted by Gasteiger charge is -2.12. The third-order valence-corrected chi connectivity index (χ3v) is 2.45. The standard InChI is InChI=1S/C12H19NO/c1-4-11-10(8-9-13-2)6-5-7-12(11)14-3/h5-7,13H,4,8-9H2,1-3H3. The summed E-state index contributed by atoms with van der Waals surface area (Å²) in [6.07, 6.45) is 2.10. The van der Waals surface area contributed by atoms with Crippen molar-refractivity contribution in [1.82, 2.24) is 5.32 Å². The lowest BCUT2D eigenvalue weighted by molar-refractivity contribution is 0.409. The quantitative estimate of drug-likeness (QED) is 0.772. The summed E-state index contributed by atoms with van der Waals surface area (Å²) < 4.78 is 5.34. The van der Waals surface area contributed by atoms with E-state index in [-0.39, 0.29) is 0 Å². The van der Waals surface area contributed by atoms with E-state index in [1.165, 1.54) is 11.1 Å². The minimum absolute atomic E-state index is 1.01. The Kier molecular flexibility index (Phi) is 4.47. The van der Waals surface area contributed by atoms with Crippen LogP contribution in [-0.4, -0.2) is 20.7 Å². The summed E-state index contributed by atoms with van der Waals surface area (Å²) in [5, 5.41) is 3.16. The molecule has 2 nitrogen and oxygen atoms in total. The Morgan fingerprint density at radius 2 is 2.14 bits per heavy atom. The van der Waals surface area contributed by atoms with Crippen LogP contribution in [0.5, 0.6) is 5.75 Å². The number of benzene rings is 1. The number of rotatable bonds is 5. The van der Waals surface area contributed by atoms with Crippen LogP contribution in [0.1, 0.15) is 18.1 Å². The summed E-state index contributed by atoms with van der Waals surface area (Å²) in [5.41, 5.74) is 2.73. The molecular weight excluding hydrogens is 174 g/mol. The SMILES string of the molecule is CCc1c(CCNC)cccc1OC. The van der Waals surface area contributed by atoms with Crippen molar-refractivity contribution in [1.29, 1.82) is 0 Å². The second-order valence-electron chi connectivity index (χ2n) is 3.31. The van der Waals surface area contributed by atoms with Gasteiger partial charge >= 0.3 is 0 Å². The Morgan fingerprint density at radius 1 is 1.36 bits per heavy atom. The number of likely N-dealkylation sites (N-methyl/N-ethyl adjacent to an activating group) is 1. The van der Waals surface area contributed by atoms with Crippen molar-refractivity contribution in [2.24, 2.45) is 0 Å². The molecule has 0 fully saturated rings. The Bertz CT molecular complexity index is 284. The van der Waals surface area contributed by atoms with Gasteiger partial charge in [0, 0.05) is 0 Å². The van der Waals surface area contributed by atoms with Crippen LogP contribution in [0.2, 0.25) is 0 Å². The predicted molar refractivity (Wildman–Crippen MR) is 60.0 cm³/mol. The summed E-state index contributed by atoms with van der Waals surface area (Å²) in [6, 6.07) is 6.27. The topological polar surface area (TPSA) is 21.3 Å². The summed E-state index contributed by atoms with van der Waals surface area (Å²) in [5.74, 6) is 1.01. The molecule has 2 heteroatoms. The number of hydrogen-bond donors (Lipinski definition) is 1. The van der Waals surface area contributed by atoms with Gasteiger partial charge in [0.1, 0.15) is 5.75 Å². The van der Waals surface area contributed by atoms with Gasteiger partial charge in [-0.05, 0) is 43.6 Å². The van der Waals surface area contributed by atoms with Gasteiger partial charge in [-0.1, -0.05) is 19.1 Å². The van der Waals surface area contributed by atoms with E-state index in [4.69, 9.17) is 4.74 Å². The summed E-state index contributed by atoms with van der Waals surface area (Å²) in [6.45, 7) is 3.18. The largest absolute Gasteiger partial charge is 0.496 e. The molecule has 78 valence electrons. The van der Waals surface area contributed by atoms with Gasteiger partial charge < -0.3 is 10.1 Å². The number of ether oxygens (including phenoxy) is 1. The van der Waals surface area contributed by atoms with Gasteiger partial charge in [0.05, 0.1) is 7.11 Å². The van der Waals surface area contributed by atoms with Crippen molar-refractivity contribution in [2.45, 2.75) is 19.8 Å². The van der Waals surface area contributed by atoms with Crippen molar-refractivity contribution in [2.75, 3.05) is 20.7 Å². The molecule has 0 aliphatic carbocycles. The first-order valence-electron chi connectivity index (χ1n) is 5.12. The van der Waals surface area contributed by atoms with Crippen LogP contribution in [0.25, 0.3) is 0 Å². The number of methoxy groups -OCH3 is 1. The van der Waals surface area contributed by atoms with Gasteiger partial charge in [-0.25, -0.2) is 0 Å². The highest BCUT2D eigenvalue weighted by Gasteiger charge is 2.05. The zero-order valence-corrected chi connectivity index (χ0v) is 9.26. The van der Waals surface area contributed by atoms with Crippen LogP contribution in [0.4, 0.5) is 0 Å². The van der Waals surface area contributed by atoms with Crippen LogP contribution in [0, 0.1) is 0 Å². The van der Waals surface area contributed by atoms with Crippen LogP contribution in [0.3, 0.4) is 0 Å². The minimum atomic E-state index is 1.01. The van der Waals surface area contributed by atoms with Gasteiger partial charge in [-0.2, -0.15) is 0 Å². The van der Waals surface area contributed by atoms with Crippen LogP contribution < -0.4 is 10.1 Å². The molecule has 0 saturated heterocycles. The zero-order valence-electron chi connectivity index (χ0n) is 9.26. The first-order chi connectivity index (χ1) is 6.83. The fourth-order valence-electron chi connectivity index (χ4n) is 1.70. The fraction of sp³-hybridized carbons (Fsp3) is 0.500. The smallest absolute Gasteiger partial charge is 0.122 e. The van der Waals surface area contributed by atoms with Crippen molar-refractivity contribution < 1.29 is 4.74 Å². The monoisotopic (exact) mass is 193 g/mol. The highest BCUT2D eigenvalue weighted by molar-refractivity contribution is 5.40. The van der Waals surface area contributed by atoms with E-state index in [0.717, 1.165) is 25.1 Å². The van der Waals surface area contributed by atoms with Gasteiger partial charge in [0.25, 0.3) is 0 Å². The Balaban J connectivity index is 2.90. The molecule has 1 aromatic rings. The van der Waals surface area contributed by atoms with E-state index in [2.05, 4.69) is 24.4 Å². The Labute approximate surface area is 86.3 Å². The number of hydrogen-bond acceptors (Lipinski definition) is 2. The maximum atomic E-state index is 5.34. The molecule has 0 unspecified atom stereocenters. The molecule has 0 bridgehead atoms. The molecule has 14 heavy (non-hydrogen) atoms. The average molecular weight is 193 g/mol. The third kappa shape index (κ3) is 2.48. The molecule has 0 saturated carbocycles. The molecule has 0 amide bonds. The molecule has 1 N–H and O–H groups in total. The van der Waals surface area contributed by atoms with Crippen molar-refractivity contribution >= 4 is 0 Å². The lowest BCUT2D eigenvalue weighted by Crippen LogP contribution is -2.11. The Hall–Kier alpha value is -1.02. The lowest BCUT2D eigenvalue weighted by atomic mass is 10.0. The fourth-order valence-corrected chi connectivity index (χ4v) is 1.70. The van der Waals surface area contributed by atoms with E-state index in [1.54, 1.807) is 7.11 Å². The maximum Gasteiger partial charge on any atom is 0.122 e. The van der Waals surface area contributed by atoms with Gasteiger partial charge in [0.2, 0.25) is 0 Å². The van der Waals surface area contributed by atoms with Crippen LogP contribution in [0.15, 0.2) is 18.2 Å². The highest BCUT2D eigenvalue weighted by atomic mass is 16.5. The Morgan fingerprint density at radius 3 is 2.71 bits per heavy atom. The van der Waals surface area contributed by atoms with Crippen LogP contribution >= 0.6 is 0 Å². The second-order valence-corrected chi connectivity index (χ2v) is 3.31. The molecule has 1 aromatic carbocycles. The summed E-state index contributed by atoms with van der Waals surface area (Å²) in [4.78, 5) is 0. The number of nitrogens with one attached hydrogen (secondary N) is 1. The van der Waals surface area contributed by atoms with Crippen molar-refractivity contribution in [3.05, 3.63) is 29.3 Å². The summed E-state index contributed by atoms with van der Waals surface area (Å²) in [7, 11) is 3.71. The van der Waals surface area contributed by atoms with Crippen LogP contribution in [-0.2, 0) is 12.8 Å². The molecule has 1 rings (SSSR count). The molecule has 0 aliphatic rings. The maximum absolute atomic E-state index is 5.34. The molecule has 0 radical (unpaired) electrons. The van der Waals surface area contributed by atoms with E-state index < -0.39 is 0 Å². The molecule has 0 heterocycles. The molecule has 0 aliphatic heterocycles. The molecular formula is C12H19NO. The minimum Gasteiger partial charge on any atom is -0.496 e. The van der Waals surface area contributed by atoms with Crippen molar-refractivity contribution in [3.63, 3.8) is 0 Å². The van der Waals surface area contributed by atoms with Gasteiger partial charge in [-0.3, -0.25) is 0 Å². The van der Waals surface area contributed by atoms with Crippen molar-refractivity contribution in [3.8, 4) is 5.75 Å². The average Bonchev–Trinajstić information content (AvgIpc) is 2.25. The zero-order chi connectivity index (χ0) is 10.4. The third-order valence-electron chi connectivity index (χ3n) is 2.45. The highest BCUT2D eigenvalue weighted by Crippen LogP contribution is 2.22. The normalized spacial score (nSPS) is 10.2. The summed E-state index contributed by atoms with van der Waals surface area (Å²) >= 11 is 0. The van der Waals surface area contributed by atoms with Gasteiger partial charge in [-0.15, -0.1) is 0 Å².